The Hall–Kier alpha value is -2.25. The van der Waals surface area contributed by atoms with Crippen molar-refractivity contribution in [3.63, 3.8) is 0 Å². The monoisotopic (exact) mass is 351 g/mol. The van der Waals surface area contributed by atoms with Gasteiger partial charge in [-0.3, -0.25) is 10.2 Å². The van der Waals surface area contributed by atoms with E-state index < -0.39 is 0 Å². The van der Waals surface area contributed by atoms with Crippen molar-refractivity contribution in [3.8, 4) is 0 Å². The molecule has 0 saturated carbocycles. The Morgan fingerprint density at radius 3 is 2.28 bits per heavy atom. The van der Waals surface area contributed by atoms with E-state index in [4.69, 9.17) is 11.1 Å². The number of hydrogen-bond donors (Lipinski definition) is 5. The number of benzene rings is 1. The van der Waals surface area contributed by atoms with Gasteiger partial charge in [0.1, 0.15) is 12.1 Å². The van der Waals surface area contributed by atoms with Gasteiger partial charge in [0, 0.05) is 12.1 Å². The summed E-state index contributed by atoms with van der Waals surface area (Å²) in [6.07, 6.45) is 1.67. The fourth-order valence-corrected chi connectivity index (χ4v) is 1.60. The molecule has 1 amide bonds. The maximum absolute atomic E-state index is 10.7. The van der Waals surface area contributed by atoms with Crippen LogP contribution in [0.4, 0.5) is 0 Å². The Bertz CT molecular complexity index is 475. The number of nitrogen functional groups attached to an aromatic ring is 1. The zero-order valence-corrected chi connectivity index (χ0v) is 15.8. The zero-order chi connectivity index (χ0) is 19.5. The van der Waals surface area contributed by atoms with Gasteiger partial charge >= 0.3 is 0 Å². The minimum atomic E-state index is -0.134. The molecule has 0 unspecified atom stereocenters. The molecule has 7 heteroatoms. The first-order chi connectivity index (χ1) is 12.0. The van der Waals surface area contributed by atoms with Crippen LogP contribution in [-0.4, -0.2) is 44.7 Å². The highest BCUT2D eigenvalue weighted by atomic mass is 16.2. The minimum Gasteiger partial charge on any atom is -0.384 e. The standard InChI is InChI=1S/C9H13N3.C7H14N2O2.C2H6/c1-12-6-7-2-4-8(5-3-7)9(10)11;1-2-3-8-6-7(11)9-4-5-10;1-2/h2-5,12H,6H2,1H3,(H3,10,11);5,8H,2-4,6H2,1H3,(H,9,11);1-2H3. The smallest absolute Gasteiger partial charge is 0.234 e. The number of aldehydes is 1. The van der Waals surface area contributed by atoms with Crippen molar-refractivity contribution in [2.24, 2.45) is 5.73 Å². The lowest BCUT2D eigenvalue weighted by molar-refractivity contribution is -0.121. The lowest BCUT2D eigenvalue weighted by Crippen LogP contribution is -2.34. The third kappa shape index (κ3) is 15.0. The first kappa shape index (κ1) is 25.0. The maximum Gasteiger partial charge on any atom is 0.234 e. The van der Waals surface area contributed by atoms with E-state index >= 15 is 0 Å². The van der Waals surface area contributed by atoms with Gasteiger partial charge in [-0.25, -0.2) is 0 Å². The van der Waals surface area contributed by atoms with E-state index in [9.17, 15) is 9.59 Å². The molecular formula is C18H33N5O2. The molecule has 1 rings (SSSR count). The van der Waals surface area contributed by atoms with Gasteiger partial charge in [-0.15, -0.1) is 0 Å². The van der Waals surface area contributed by atoms with Crippen LogP contribution in [0.3, 0.4) is 0 Å². The molecule has 1 aromatic rings. The number of nitrogens with two attached hydrogens (primary N) is 1. The highest BCUT2D eigenvalue weighted by Crippen LogP contribution is 2.02. The van der Waals surface area contributed by atoms with Crippen molar-refractivity contribution >= 4 is 18.0 Å². The highest BCUT2D eigenvalue weighted by molar-refractivity contribution is 5.94. The third-order valence-corrected chi connectivity index (χ3v) is 2.74. The van der Waals surface area contributed by atoms with Gasteiger partial charge in [0.25, 0.3) is 0 Å². The second kappa shape index (κ2) is 18.1. The number of amides is 1. The lowest BCUT2D eigenvalue weighted by atomic mass is 10.1. The molecule has 0 aliphatic rings. The first-order valence-electron chi connectivity index (χ1n) is 8.54. The number of rotatable bonds is 9. The molecule has 142 valence electrons. The van der Waals surface area contributed by atoms with Crippen LogP contribution in [0.25, 0.3) is 0 Å². The molecule has 0 spiro atoms. The molecule has 0 aliphatic carbocycles. The molecule has 6 N–H and O–H groups in total. The molecule has 25 heavy (non-hydrogen) atoms. The molecule has 7 nitrogen and oxygen atoms in total. The number of carbonyl (C=O) groups is 2. The number of hydrogen-bond acceptors (Lipinski definition) is 5. The predicted octanol–water partition coefficient (Wildman–Crippen LogP) is 1.02. The SMILES string of the molecule is CC.CCCNCC(=O)NCC=O.CNCc1ccc(C(=N)N)cc1. The summed E-state index contributed by atoms with van der Waals surface area (Å²) in [7, 11) is 1.90. The van der Waals surface area contributed by atoms with Crippen LogP contribution in [0.1, 0.15) is 38.3 Å². The van der Waals surface area contributed by atoms with E-state index in [-0.39, 0.29) is 18.3 Å². The Morgan fingerprint density at radius 2 is 1.84 bits per heavy atom. The van der Waals surface area contributed by atoms with E-state index in [0.717, 1.165) is 25.1 Å². The summed E-state index contributed by atoms with van der Waals surface area (Å²) in [4.78, 5) is 20.5. The molecule has 0 aromatic heterocycles. The minimum absolute atomic E-state index is 0.104. The quantitative estimate of drug-likeness (QED) is 0.197. The summed E-state index contributed by atoms with van der Waals surface area (Å²) in [5.41, 5.74) is 7.28. The molecule has 1 aromatic carbocycles. The van der Waals surface area contributed by atoms with Crippen LogP contribution < -0.4 is 21.7 Å². The van der Waals surface area contributed by atoms with Crippen LogP contribution in [-0.2, 0) is 16.1 Å². The molecule has 0 atom stereocenters. The summed E-state index contributed by atoms with van der Waals surface area (Å²) in [6.45, 7) is 8.09. The summed E-state index contributed by atoms with van der Waals surface area (Å²) >= 11 is 0. The largest absolute Gasteiger partial charge is 0.384 e. The molecule has 0 bridgehead atoms. The Kier molecular flexibility index (Phi) is 18.1. The van der Waals surface area contributed by atoms with Crippen LogP contribution in [0.5, 0.6) is 0 Å². The Morgan fingerprint density at radius 1 is 1.24 bits per heavy atom. The Balaban J connectivity index is 0. The molecule has 0 saturated heterocycles. The Labute approximate surface area is 151 Å². The number of amidine groups is 1. The highest BCUT2D eigenvalue weighted by Gasteiger charge is 1.96. The van der Waals surface area contributed by atoms with E-state index in [1.54, 1.807) is 0 Å². The molecule has 0 aliphatic heterocycles. The number of carbonyl (C=O) groups excluding carboxylic acids is 2. The maximum atomic E-state index is 10.7. The van der Waals surface area contributed by atoms with Crippen molar-refractivity contribution < 1.29 is 9.59 Å². The van der Waals surface area contributed by atoms with Crippen LogP contribution in [0.2, 0.25) is 0 Å². The summed E-state index contributed by atoms with van der Waals surface area (Å²) in [5.74, 6) is -0.0171. The van der Waals surface area contributed by atoms with E-state index in [1.165, 1.54) is 5.56 Å². The van der Waals surface area contributed by atoms with Crippen LogP contribution in [0.15, 0.2) is 24.3 Å². The fraction of sp³-hybridized carbons (Fsp3) is 0.500. The second-order valence-electron chi connectivity index (χ2n) is 4.79. The van der Waals surface area contributed by atoms with Gasteiger partial charge in [-0.1, -0.05) is 45.0 Å². The first-order valence-corrected chi connectivity index (χ1v) is 8.54. The van der Waals surface area contributed by atoms with Gasteiger partial charge in [0.15, 0.2) is 0 Å². The summed E-state index contributed by atoms with van der Waals surface area (Å²) < 4.78 is 0. The third-order valence-electron chi connectivity index (χ3n) is 2.74. The van der Waals surface area contributed by atoms with Gasteiger partial charge in [-0.05, 0) is 25.6 Å². The average Bonchev–Trinajstić information content (AvgIpc) is 2.63. The summed E-state index contributed by atoms with van der Waals surface area (Å²) in [5, 5.41) is 15.6. The van der Waals surface area contributed by atoms with Gasteiger partial charge in [-0.2, -0.15) is 0 Å². The normalized spacial score (nSPS) is 8.96. The van der Waals surface area contributed by atoms with E-state index in [2.05, 4.69) is 16.0 Å². The summed E-state index contributed by atoms with van der Waals surface area (Å²) in [6, 6.07) is 7.64. The molecule has 0 fully saturated rings. The van der Waals surface area contributed by atoms with Crippen molar-refractivity contribution in [1.82, 2.24) is 16.0 Å². The van der Waals surface area contributed by atoms with Crippen LogP contribution >= 0.6 is 0 Å². The van der Waals surface area contributed by atoms with Gasteiger partial charge in [0.2, 0.25) is 5.91 Å². The van der Waals surface area contributed by atoms with Gasteiger partial charge < -0.3 is 26.5 Å². The average molecular weight is 351 g/mol. The lowest BCUT2D eigenvalue weighted by Gasteiger charge is -2.01. The molecule has 0 heterocycles. The van der Waals surface area contributed by atoms with E-state index in [1.807, 2.05) is 52.1 Å². The topological polar surface area (TPSA) is 120 Å². The predicted molar refractivity (Wildman–Crippen MR) is 104 cm³/mol. The van der Waals surface area contributed by atoms with Crippen LogP contribution in [0, 0.1) is 5.41 Å². The second-order valence-corrected chi connectivity index (χ2v) is 4.79. The van der Waals surface area contributed by atoms with Crippen molar-refractivity contribution in [2.45, 2.75) is 33.7 Å². The van der Waals surface area contributed by atoms with E-state index in [0.29, 0.717) is 12.8 Å². The number of nitrogens with one attached hydrogen (secondary N) is 4. The van der Waals surface area contributed by atoms with Crippen molar-refractivity contribution in [3.05, 3.63) is 35.4 Å². The van der Waals surface area contributed by atoms with Crippen molar-refractivity contribution in [1.29, 1.82) is 5.41 Å². The zero-order valence-electron chi connectivity index (χ0n) is 15.8. The van der Waals surface area contributed by atoms with Gasteiger partial charge in [0.05, 0.1) is 13.1 Å². The van der Waals surface area contributed by atoms with Crippen molar-refractivity contribution in [2.75, 3.05) is 26.7 Å². The molecule has 0 radical (unpaired) electrons. The fourth-order valence-electron chi connectivity index (χ4n) is 1.60. The molecular weight excluding hydrogens is 318 g/mol.